The summed E-state index contributed by atoms with van der Waals surface area (Å²) in [5, 5.41) is 6.33. The van der Waals surface area contributed by atoms with Gasteiger partial charge in [0.25, 0.3) is 0 Å². The van der Waals surface area contributed by atoms with E-state index >= 15 is 0 Å². The fraction of sp³-hybridized carbons (Fsp3) is 0.409. The van der Waals surface area contributed by atoms with Gasteiger partial charge in [-0.05, 0) is 40.7 Å². The van der Waals surface area contributed by atoms with Crippen molar-refractivity contribution < 1.29 is 9.53 Å². The highest BCUT2D eigenvalue weighted by molar-refractivity contribution is 5.81. The van der Waals surface area contributed by atoms with Gasteiger partial charge in [-0.15, -0.1) is 0 Å². The third-order valence-electron chi connectivity index (χ3n) is 4.45. The van der Waals surface area contributed by atoms with Gasteiger partial charge in [-0.1, -0.05) is 58.0 Å². The van der Waals surface area contributed by atoms with Crippen LogP contribution in [-0.4, -0.2) is 19.6 Å². The summed E-state index contributed by atoms with van der Waals surface area (Å²) < 4.78 is 5.15. The fourth-order valence-corrected chi connectivity index (χ4v) is 2.93. The first-order valence-corrected chi connectivity index (χ1v) is 9.18. The Balaban J connectivity index is 1.98. The molecule has 4 nitrogen and oxygen atoms in total. The number of methoxy groups -OCH3 is 1. The van der Waals surface area contributed by atoms with Crippen LogP contribution >= 0.6 is 0 Å². The molecule has 0 bridgehead atoms. The zero-order valence-electron chi connectivity index (χ0n) is 16.4. The number of ether oxygens (including phenoxy) is 1. The van der Waals surface area contributed by atoms with Crippen LogP contribution in [0.2, 0.25) is 0 Å². The van der Waals surface area contributed by atoms with Gasteiger partial charge < -0.3 is 15.4 Å². The van der Waals surface area contributed by atoms with E-state index in [4.69, 9.17) is 4.74 Å². The molecule has 2 rings (SSSR count). The average Bonchev–Trinajstić information content (AvgIpc) is 2.64. The molecule has 140 valence electrons. The Bertz CT molecular complexity index is 695. The second-order valence-corrected chi connectivity index (χ2v) is 7.10. The number of nitrogens with one attached hydrogen (secondary N) is 2. The van der Waals surface area contributed by atoms with Crippen LogP contribution in [0.15, 0.2) is 42.5 Å². The molecule has 0 heterocycles. The van der Waals surface area contributed by atoms with Crippen LogP contribution in [-0.2, 0) is 11.3 Å². The Morgan fingerprint density at radius 3 is 2.04 bits per heavy atom. The predicted octanol–water partition coefficient (Wildman–Crippen LogP) is 4.67. The SMILES string of the molecule is COc1ccc(CNC(=O)CNc2c(C(C)C)cccc2C(C)C)cc1. The summed E-state index contributed by atoms with van der Waals surface area (Å²) in [6.45, 7) is 9.47. The van der Waals surface area contributed by atoms with E-state index in [-0.39, 0.29) is 12.5 Å². The van der Waals surface area contributed by atoms with Gasteiger partial charge in [-0.3, -0.25) is 4.79 Å². The maximum Gasteiger partial charge on any atom is 0.239 e. The van der Waals surface area contributed by atoms with Gasteiger partial charge in [0.2, 0.25) is 5.91 Å². The highest BCUT2D eigenvalue weighted by atomic mass is 16.5. The summed E-state index contributed by atoms with van der Waals surface area (Å²) in [6.07, 6.45) is 0. The van der Waals surface area contributed by atoms with Crippen molar-refractivity contribution in [2.75, 3.05) is 19.0 Å². The molecule has 26 heavy (non-hydrogen) atoms. The summed E-state index contributed by atoms with van der Waals surface area (Å²) >= 11 is 0. The molecule has 0 spiro atoms. The van der Waals surface area contributed by atoms with Crippen LogP contribution in [0, 0.1) is 0 Å². The molecule has 0 radical (unpaired) electrons. The lowest BCUT2D eigenvalue weighted by atomic mass is 9.92. The molecule has 0 aliphatic heterocycles. The van der Waals surface area contributed by atoms with Crippen molar-refractivity contribution in [3.05, 3.63) is 59.2 Å². The van der Waals surface area contributed by atoms with E-state index in [1.54, 1.807) is 7.11 Å². The van der Waals surface area contributed by atoms with Gasteiger partial charge in [-0.2, -0.15) is 0 Å². The predicted molar refractivity (Wildman–Crippen MR) is 108 cm³/mol. The Hall–Kier alpha value is -2.49. The molecule has 2 aromatic rings. The quantitative estimate of drug-likeness (QED) is 0.724. The lowest BCUT2D eigenvalue weighted by molar-refractivity contribution is -0.119. The molecule has 0 fully saturated rings. The van der Waals surface area contributed by atoms with Gasteiger partial charge >= 0.3 is 0 Å². The van der Waals surface area contributed by atoms with Crippen molar-refractivity contribution >= 4 is 11.6 Å². The molecule has 0 unspecified atom stereocenters. The van der Waals surface area contributed by atoms with E-state index in [0.717, 1.165) is 17.0 Å². The van der Waals surface area contributed by atoms with E-state index < -0.39 is 0 Å². The van der Waals surface area contributed by atoms with E-state index in [9.17, 15) is 4.79 Å². The Morgan fingerprint density at radius 2 is 1.54 bits per heavy atom. The summed E-state index contributed by atoms with van der Waals surface area (Å²) in [7, 11) is 1.64. The molecule has 2 aromatic carbocycles. The minimum atomic E-state index is -0.0194. The van der Waals surface area contributed by atoms with Gasteiger partial charge in [-0.25, -0.2) is 0 Å². The molecule has 2 N–H and O–H groups in total. The normalized spacial score (nSPS) is 10.9. The highest BCUT2D eigenvalue weighted by Crippen LogP contribution is 2.32. The first-order chi connectivity index (χ1) is 12.4. The molecule has 0 saturated heterocycles. The third-order valence-corrected chi connectivity index (χ3v) is 4.45. The average molecular weight is 354 g/mol. The summed E-state index contributed by atoms with van der Waals surface area (Å²) in [5.74, 6) is 1.60. The van der Waals surface area contributed by atoms with Crippen LogP contribution in [0.5, 0.6) is 5.75 Å². The lowest BCUT2D eigenvalue weighted by Gasteiger charge is -2.20. The van der Waals surface area contributed by atoms with Crippen molar-refractivity contribution in [2.24, 2.45) is 0 Å². The molecule has 4 heteroatoms. The van der Waals surface area contributed by atoms with Crippen molar-refractivity contribution in [2.45, 2.75) is 46.1 Å². The summed E-state index contributed by atoms with van der Waals surface area (Å²) in [6, 6.07) is 14.1. The van der Waals surface area contributed by atoms with Gasteiger partial charge in [0.15, 0.2) is 0 Å². The van der Waals surface area contributed by atoms with Crippen molar-refractivity contribution in [3.63, 3.8) is 0 Å². The topological polar surface area (TPSA) is 50.4 Å². The number of carbonyl (C=O) groups excluding carboxylic acids is 1. The van der Waals surface area contributed by atoms with E-state index in [2.05, 4.69) is 56.5 Å². The monoisotopic (exact) mass is 354 g/mol. The van der Waals surface area contributed by atoms with Crippen LogP contribution in [0.25, 0.3) is 0 Å². The Morgan fingerprint density at radius 1 is 0.962 bits per heavy atom. The first kappa shape index (κ1) is 19.8. The van der Waals surface area contributed by atoms with E-state index in [0.29, 0.717) is 18.4 Å². The lowest BCUT2D eigenvalue weighted by Crippen LogP contribution is -2.30. The van der Waals surface area contributed by atoms with Crippen molar-refractivity contribution in [1.29, 1.82) is 0 Å². The molecule has 0 aliphatic rings. The number of para-hydroxylation sites is 1. The third kappa shape index (κ3) is 5.25. The zero-order valence-corrected chi connectivity index (χ0v) is 16.4. The van der Waals surface area contributed by atoms with Crippen LogP contribution in [0.1, 0.15) is 56.2 Å². The van der Waals surface area contributed by atoms with Gasteiger partial charge in [0, 0.05) is 12.2 Å². The number of carbonyl (C=O) groups is 1. The zero-order chi connectivity index (χ0) is 19.1. The number of amides is 1. The van der Waals surface area contributed by atoms with Crippen LogP contribution < -0.4 is 15.4 Å². The minimum absolute atomic E-state index is 0.0194. The molecular weight excluding hydrogens is 324 g/mol. The van der Waals surface area contributed by atoms with Gasteiger partial charge in [0.1, 0.15) is 5.75 Å². The van der Waals surface area contributed by atoms with Crippen molar-refractivity contribution in [3.8, 4) is 5.75 Å². The number of rotatable bonds is 8. The van der Waals surface area contributed by atoms with E-state index in [1.807, 2.05) is 24.3 Å². The van der Waals surface area contributed by atoms with Crippen LogP contribution in [0.3, 0.4) is 0 Å². The van der Waals surface area contributed by atoms with Crippen LogP contribution in [0.4, 0.5) is 5.69 Å². The van der Waals surface area contributed by atoms with Gasteiger partial charge in [0.05, 0.1) is 13.7 Å². The molecule has 1 amide bonds. The Kier molecular flexibility index (Phi) is 7.07. The standard InChI is InChI=1S/C22H30N2O2/c1-15(2)19-7-6-8-20(16(3)4)22(19)24-14-21(25)23-13-17-9-11-18(26-5)12-10-17/h6-12,15-16,24H,13-14H2,1-5H3,(H,23,25). The number of hydrogen-bond donors (Lipinski definition) is 2. The maximum atomic E-state index is 12.3. The largest absolute Gasteiger partial charge is 0.497 e. The molecule has 0 atom stereocenters. The highest BCUT2D eigenvalue weighted by Gasteiger charge is 2.14. The number of benzene rings is 2. The minimum Gasteiger partial charge on any atom is -0.497 e. The summed E-state index contributed by atoms with van der Waals surface area (Å²) in [5.41, 5.74) is 4.64. The first-order valence-electron chi connectivity index (χ1n) is 9.18. The molecular formula is C22H30N2O2. The number of hydrogen-bond acceptors (Lipinski definition) is 3. The smallest absolute Gasteiger partial charge is 0.239 e. The molecule has 0 saturated carbocycles. The summed E-state index contributed by atoms with van der Waals surface area (Å²) in [4.78, 5) is 12.3. The fourth-order valence-electron chi connectivity index (χ4n) is 2.93. The Labute approximate surface area is 157 Å². The maximum absolute atomic E-state index is 12.3. The van der Waals surface area contributed by atoms with E-state index in [1.165, 1.54) is 11.1 Å². The number of anilines is 1. The van der Waals surface area contributed by atoms with Crippen molar-refractivity contribution in [1.82, 2.24) is 5.32 Å². The molecule has 0 aromatic heterocycles. The second-order valence-electron chi connectivity index (χ2n) is 7.10. The molecule has 0 aliphatic carbocycles. The second kappa shape index (κ2) is 9.27.